The molecule has 0 saturated carbocycles. The zero-order valence-electron chi connectivity index (χ0n) is 21.6. The van der Waals surface area contributed by atoms with Gasteiger partial charge in [-0.2, -0.15) is 9.35 Å². The van der Waals surface area contributed by atoms with Crippen LogP contribution in [0.1, 0.15) is 22.9 Å². The molecule has 5 rings (SSSR count). The summed E-state index contributed by atoms with van der Waals surface area (Å²) in [7, 11) is 0. The Balaban J connectivity index is 1.81. The van der Waals surface area contributed by atoms with E-state index in [2.05, 4.69) is 30.6 Å². The summed E-state index contributed by atoms with van der Waals surface area (Å²) in [5, 5.41) is 25.7. The Hall–Kier alpha value is -4.24. The molecule has 0 bridgehead atoms. The number of thioether (sulfide) groups is 2. The molecule has 0 amide bonds. The fourth-order valence-corrected chi connectivity index (χ4v) is 4.80. The monoisotopic (exact) mass is 581 g/mol. The van der Waals surface area contributed by atoms with E-state index in [9.17, 15) is 18.4 Å². The van der Waals surface area contributed by atoms with Crippen LogP contribution in [0.2, 0.25) is 0 Å². The number of anilines is 1. The molecule has 1 saturated heterocycles. The van der Waals surface area contributed by atoms with Gasteiger partial charge in [-0.25, -0.2) is 8.78 Å². The van der Waals surface area contributed by atoms with E-state index in [0.29, 0.717) is 22.9 Å². The number of benzene rings is 2. The molecule has 3 heterocycles. The summed E-state index contributed by atoms with van der Waals surface area (Å²) in [5.74, 6) is -1.02. The van der Waals surface area contributed by atoms with Crippen LogP contribution in [-0.2, 0) is 0 Å². The van der Waals surface area contributed by atoms with Gasteiger partial charge in [-0.3, -0.25) is 14.5 Å². The summed E-state index contributed by atoms with van der Waals surface area (Å²) in [6.45, 7) is 3.04. The molecular formula is C25H21F2N9O2S2. The maximum atomic E-state index is 13.9. The molecule has 1 aliphatic rings. The molecule has 204 valence electrons. The molecule has 2 aromatic heterocycles. The van der Waals surface area contributed by atoms with Crippen LogP contribution in [0, 0.1) is 25.5 Å². The highest BCUT2D eigenvalue weighted by atomic mass is 32.2. The summed E-state index contributed by atoms with van der Waals surface area (Å²) < 4.78 is 30.0. The van der Waals surface area contributed by atoms with Crippen molar-refractivity contribution >= 4 is 40.9 Å². The van der Waals surface area contributed by atoms with Crippen LogP contribution in [-0.4, -0.2) is 53.9 Å². The molecule has 0 spiro atoms. The van der Waals surface area contributed by atoms with Gasteiger partial charge in [-0.05, 0) is 68.3 Å². The first kappa shape index (κ1) is 27.3. The molecule has 0 unspecified atom stereocenters. The first-order chi connectivity index (χ1) is 19.2. The van der Waals surface area contributed by atoms with Crippen molar-refractivity contribution in [2.24, 2.45) is 10.2 Å². The third-order valence-corrected chi connectivity index (χ3v) is 7.21. The van der Waals surface area contributed by atoms with Crippen molar-refractivity contribution in [1.29, 1.82) is 0 Å². The Labute approximate surface area is 234 Å². The lowest BCUT2D eigenvalue weighted by Crippen LogP contribution is -2.58. The number of hydrogen-bond donors (Lipinski definition) is 0. The first-order valence-electron chi connectivity index (χ1n) is 11.7. The molecule has 0 atom stereocenters. The third kappa shape index (κ3) is 4.93. The Bertz CT molecular complexity index is 1630. The van der Waals surface area contributed by atoms with Crippen molar-refractivity contribution in [3.8, 4) is 0 Å². The number of hydrogen-bond acceptors (Lipinski definition) is 10. The summed E-state index contributed by atoms with van der Waals surface area (Å²) in [6.07, 6.45) is 3.46. The van der Waals surface area contributed by atoms with Gasteiger partial charge < -0.3 is 0 Å². The van der Waals surface area contributed by atoms with Crippen molar-refractivity contribution in [1.82, 2.24) is 29.7 Å². The minimum absolute atomic E-state index is 0.136. The van der Waals surface area contributed by atoms with Crippen LogP contribution in [0.3, 0.4) is 0 Å². The van der Waals surface area contributed by atoms with E-state index in [1.807, 2.05) is 0 Å². The van der Waals surface area contributed by atoms with Gasteiger partial charge in [-0.15, -0.1) is 30.6 Å². The quantitative estimate of drug-likeness (QED) is 0.316. The highest BCUT2D eigenvalue weighted by molar-refractivity contribution is 7.98. The second-order valence-electron chi connectivity index (χ2n) is 8.49. The minimum atomic E-state index is -0.726. The summed E-state index contributed by atoms with van der Waals surface area (Å²) in [5.41, 5.74) is 0.362. The largest absolute Gasteiger partial charge is 0.296 e. The van der Waals surface area contributed by atoms with Gasteiger partial charge >= 0.3 is 0 Å². The topological polar surface area (TPSA) is 124 Å². The van der Waals surface area contributed by atoms with Crippen LogP contribution in [0.5, 0.6) is 0 Å². The molecule has 2 aromatic carbocycles. The van der Waals surface area contributed by atoms with Crippen LogP contribution in [0.15, 0.2) is 78.6 Å². The molecule has 11 nitrogen and oxygen atoms in total. The standard InChI is InChI=1S/C25H21F2N9O2S2/c1-13-22(37)35(24(39-3)30-28-13)32-20-19(15-5-7-16(26)8-6-15)21(34(20)18-11-9-17(27)10-12-18)33-36-23(38)14(2)29-31-25(36)40-4/h5-12,19H,1-4H3/b32-20-,33-21-. The van der Waals surface area contributed by atoms with Crippen LogP contribution < -0.4 is 16.0 Å². The Morgan fingerprint density at radius 2 is 1.12 bits per heavy atom. The molecule has 0 N–H and O–H groups in total. The van der Waals surface area contributed by atoms with Crippen LogP contribution in [0.25, 0.3) is 0 Å². The van der Waals surface area contributed by atoms with Gasteiger partial charge in [0.15, 0.2) is 11.7 Å². The zero-order valence-corrected chi connectivity index (χ0v) is 23.2. The number of amidine groups is 2. The lowest BCUT2D eigenvalue weighted by atomic mass is 9.87. The number of halogens is 2. The Morgan fingerprint density at radius 3 is 1.55 bits per heavy atom. The Morgan fingerprint density at radius 1 is 0.700 bits per heavy atom. The van der Waals surface area contributed by atoms with Gasteiger partial charge in [0.1, 0.15) is 28.9 Å². The van der Waals surface area contributed by atoms with Gasteiger partial charge in [0.05, 0.1) is 0 Å². The van der Waals surface area contributed by atoms with Crippen molar-refractivity contribution in [3.05, 3.63) is 97.8 Å². The minimum Gasteiger partial charge on any atom is -0.281 e. The number of aryl methyl sites for hydroxylation is 2. The number of aromatic nitrogens is 6. The maximum absolute atomic E-state index is 13.9. The highest BCUT2D eigenvalue weighted by Crippen LogP contribution is 2.37. The second kappa shape index (κ2) is 11.1. The Kier molecular flexibility index (Phi) is 7.58. The molecule has 0 aliphatic carbocycles. The van der Waals surface area contributed by atoms with Gasteiger partial charge in [0.25, 0.3) is 11.1 Å². The van der Waals surface area contributed by atoms with Gasteiger partial charge in [0.2, 0.25) is 10.3 Å². The summed E-state index contributed by atoms with van der Waals surface area (Å²) >= 11 is 2.35. The number of rotatable bonds is 6. The first-order valence-corrected chi connectivity index (χ1v) is 14.2. The van der Waals surface area contributed by atoms with E-state index in [1.165, 1.54) is 73.8 Å². The molecule has 1 fully saturated rings. The SMILES string of the molecule is CSc1nnc(C)c(=O)n1/N=C1/C(c2ccc(F)cc2)/C(=N/n2c(SC)nnc(C)c2=O)N1c1ccc(F)cc1. The lowest BCUT2D eigenvalue weighted by molar-refractivity contribution is 0.617. The van der Waals surface area contributed by atoms with Crippen LogP contribution >= 0.6 is 23.5 Å². The van der Waals surface area contributed by atoms with E-state index < -0.39 is 28.7 Å². The summed E-state index contributed by atoms with van der Waals surface area (Å²) in [6, 6.07) is 11.3. The van der Waals surface area contributed by atoms with E-state index in [-0.39, 0.29) is 21.7 Å². The van der Waals surface area contributed by atoms with Gasteiger partial charge in [-0.1, -0.05) is 35.7 Å². The second-order valence-corrected chi connectivity index (χ2v) is 10.0. The van der Waals surface area contributed by atoms with Crippen molar-refractivity contribution in [3.63, 3.8) is 0 Å². The van der Waals surface area contributed by atoms with Crippen molar-refractivity contribution in [2.75, 3.05) is 17.4 Å². The van der Waals surface area contributed by atoms with E-state index >= 15 is 0 Å². The molecule has 4 aromatic rings. The average molecular weight is 582 g/mol. The predicted molar refractivity (Wildman–Crippen MR) is 149 cm³/mol. The average Bonchev–Trinajstić information content (AvgIpc) is 2.95. The zero-order chi connectivity index (χ0) is 28.6. The smallest absolute Gasteiger partial charge is 0.281 e. The fraction of sp³-hybridized carbons (Fsp3) is 0.200. The molecule has 0 radical (unpaired) electrons. The predicted octanol–water partition coefficient (Wildman–Crippen LogP) is 3.26. The van der Waals surface area contributed by atoms with Crippen molar-refractivity contribution < 1.29 is 8.78 Å². The van der Waals surface area contributed by atoms with Crippen LogP contribution in [0.4, 0.5) is 14.5 Å². The molecule has 15 heteroatoms. The van der Waals surface area contributed by atoms with E-state index in [1.54, 1.807) is 29.5 Å². The summed E-state index contributed by atoms with van der Waals surface area (Å²) in [4.78, 5) is 27.7. The number of nitrogens with zero attached hydrogens (tertiary/aromatic N) is 9. The van der Waals surface area contributed by atoms with E-state index in [0.717, 1.165) is 9.35 Å². The van der Waals surface area contributed by atoms with Crippen molar-refractivity contribution in [2.45, 2.75) is 30.1 Å². The maximum Gasteiger partial charge on any atom is 0.296 e. The lowest BCUT2D eigenvalue weighted by Gasteiger charge is -2.43. The molecular weight excluding hydrogens is 560 g/mol. The third-order valence-electron chi connectivity index (χ3n) is 5.97. The van der Waals surface area contributed by atoms with E-state index in [4.69, 9.17) is 0 Å². The van der Waals surface area contributed by atoms with Gasteiger partial charge in [0, 0.05) is 5.69 Å². The molecule has 40 heavy (non-hydrogen) atoms. The normalized spacial score (nSPS) is 15.6. The highest BCUT2D eigenvalue weighted by Gasteiger charge is 2.45. The molecule has 1 aliphatic heterocycles. The fourth-order valence-electron chi connectivity index (χ4n) is 3.96.